The number of nitrogens with one attached hydrogen (secondary N) is 1. The van der Waals surface area contributed by atoms with Crippen molar-refractivity contribution in [3.05, 3.63) is 35.5 Å². The van der Waals surface area contributed by atoms with Crippen LogP contribution in [0.3, 0.4) is 0 Å². The highest BCUT2D eigenvalue weighted by atomic mass is 32.1. The van der Waals surface area contributed by atoms with Gasteiger partial charge in [0.05, 0.1) is 0 Å². The summed E-state index contributed by atoms with van der Waals surface area (Å²) in [5.74, 6) is 0.121. The average Bonchev–Trinajstić information content (AvgIpc) is 3.19. The van der Waals surface area contributed by atoms with Gasteiger partial charge in [0.1, 0.15) is 16.7 Å². The van der Waals surface area contributed by atoms with E-state index in [0.717, 1.165) is 49.7 Å². The zero-order valence-corrected chi connectivity index (χ0v) is 18.2. The monoisotopic (exact) mass is 426 g/mol. The second kappa shape index (κ2) is 10.2. The number of aromatic nitrogens is 1. The molecule has 4 rings (SSSR count). The van der Waals surface area contributed by atoms with Gasteiger partial charge in [0.15, 0.2) is 0 Å². The van der Waals surface area contributed by atoms with Crippen molar-refractivity contribution in [2.24, 2.45) is 5.92 Å². The lowest BCUT2D eigenvalue weighted by molar-refractivity contribution is -0.117. The second-order valence-corrected chi connectivity index (χ2v) is 9.39. The SMILES string of the molecule is O=C(CC1CCCCC1)Nc1scc(-c2ccncc2)c1C(=O)OC1CCCCC1. The summed E-state index contributed by atoms with van der Waals surface area (Å²) in [5, 5.41) is 5.56. The second-order valence-electron chi connectivity index (χ2n) is 8.51. The maximum absolute atomic E-state index is 13.2. The summed E-state index contributed by atoms with van der Waals surface area (Å²) in [5.41, 5.74) is 2.19. The van der Waals surface area contributed by atoms with Gasteiger partial charge in [0.2, 0.25) is 5.91 Å². The first-order chi connectivity index (χ1) is 14.7. The van der Waals surface area contributed by atoms with Crippen molar-refractivity contribution in [1.29, 1.82) is 0 Å². The van der Waals surface area contributed by atoms with Crippen LogP contribution >= 0.6 is 11.3 Å². The predicted molar refractivity (Wildman–Crippen MR) is 120 cm³/mol. The molecule has 2 aromatic rings. The number of hydrogen-bond donors (Lipinski definition) is 1. The van der Waals surface area contributed by atoms with E-state index in [1.165, 1.54) is 37.0 Å². The number of carbonyl (C=O) groups excluding carboxylic acids is 2. The molecule has 2 aliphatic rings. The Balaban J connectivity index is 1.54. The van der Waals surface area contributed by atoms with Crippen LogP contribution in [0.25, 0.3) is 11.1 Å². The minimum Gasteiger partial charge on any atom is -0.459 e. The topological polar surface area (TPSA) is 68.3 Å². The summed E-state index contributed by atoms with van der Waals surface area (Å²) in [6, 6.07) is 3.76. The Kier molecular flexibility index (Phi) is 7.16. The third-order valence-electron chi connectivity index (χ3n) is 6.26. The molecule has 2 aromatic heterocycles. The van der Waals surface area contributed by atoms with E-state index in [4.69, 9.17) is 4.74 Å². The molecule has 1 amide bonds. The molecule has 30 heavy (non-hydrogen) atoms. The molecule has 0 bridgehead atoms. The Hall–Kier alpha value is -2.21. The fourth-order valence-electron chi connectivity index (χ4n) is 4.62. The van der Waals surface area contributed by atoms with Crippen molar-refractivity contribution in [3.63, 3.8) is 0 Å². The highest BCUT2D eigenvalue weighted by molar-refractivity contribution is 7.15. The molecule has 160 valence electrons. The van der Waals surface area contributed by atoms with E-state index in [9.17, 15) is 9.59 Å². The number of nitrogens with zero attached hydrogens (tertiary/aromatic N) is 1. The Bertz CT molecular complexity index is 853. The first kappa shape index (κ1) is 21.0. The molecule has 5 nitrogen and oxygen atoms in total. The summed E-state index contributed by atoms with van der Waals surface area (Å²) in [7, 11) is 0. The Morgan fingerprint density at radius 3 is 2.37 bits per heavy atom. The van der Waals surface area contributed by atoms with Crippen molar-refractivity contribution < 1.29 is 14.3 Å². The van der Waals surface area contributed by atoms with Crippen LogP contribution in [0.15, 0.2) is 29.9 Å². The molecule has 2 saturated carbocycles. The largest absolute Gasteiger partial charge is 0.459 e. The van der Waals surface area contributed by atoms with Crippen LogP contribution in [0.4, 0.5) is 5.00 Å². The highest BCUT2D eigenvalue weighted by Gasteiger charge is 2.27. The standard InChI is InChI=1S/C24H30N2O3S/c27-21(15-17-7-3-1-4-8-17)26-23-22(24(28)29-19-9-5-2-6-10-19)20(16-30-23)18-11-13-25-14-12-18/h11-14,16-17,19H,1-10,15H2,(H,26,27). The first-order valence-corrected chi connectivity index (χ1v) is 12.1. The lowest BCUT2D eigenvalue weighted by Crippen LogP contribution is -2.23. The van der Waals surface area contributed by atoms with E-state index in [1.54, 1.807) is 12.4 Å². The number of anilines is 1. The van der Waals surface area contributed by atoms with Gasteiger partial charge in [-0.25, -0.2) is 4.79 Å². The summed E-state index contributed by atoms with van der Waals surface area (Å²) in [6.07, 6.45) is 15.1. The zero-order valence-electron chi connectivity index (χ0n) is 17.4. The van der Waals surface area contributed by atoms with E-state index in [2.05, 4.69) is 10.3 Å². The van der Waals surface area contributed by atoms with Gasteiger partial charge < -0.3 is 10.1 Å². The number of thiophene rings is 1. The van der Waals surface area contributed by atoms with E-state index in [0.29, 0.717) is 22.9 Å². The molecule has 2 aliphatic carbocycles. The van der Waals surface area contributed by atoms with Crippen LogP contribution in [0.1, 0.15) is 81.0 Å². The van der Waals surface area contributed by atoms with Gasteiger partial charge in [-0.05, 0) is 62.1 Å². The molecule has 0 aromatic carbocycles. The quantitative estimate of drug-likeness (QED) is 0.558. The number of rotatable bonds is 6. The molecule has 2 heterocycles. The normalized spacial score (nSPS) is 18.1. The van der Waals surface area contributed by atoms with Gasteiger partial charge in [0.25, 0.3) is 0 Å². The summed E-state index contributed by atoms with van der Waals surface area (Å²) < 4.78 is 5.87. The van der Waals surface area contributed by atoms with E-state index in [1.807, 2.05) is 17.5 Å². The number of ether oxygens (including phenoxy) is 1. The van der Waals surface area contributed by atoms with Gasteiger partial charge >= 0.3 is 5.97 Å². The Morgan fingerprint density at radius 2 is 1.67 bits per heavy atom. The average molecular weight is 427 g/mol. The van der Waals surface area contributed by atoms with Crippen molar-refractivity contribution in [1.82, 2.24) is 4.98 Å². The van der Waals surface area contributed by atoms with E-state index < -0.39 is 0 Å². The van der Waals surface area contributed by atoms with Crippen molar-refractivity contribution in [3.8, 4) is 11.1 Å². The van der Waals surface area contributed by atoms with Gasteiger partial charge in [-0.3, -0.25) is 9.78 Å². The molecule has 0 radical (unpaired) electrons. The van der Waals surface area contributed by atoms with Crippen LogP contribution in [-0.2, 0) is 9.53 Å². The molecular formula is C24H30N2O3S. The Morgan fingerprint density at radius 1 is 1.00 bits per heavy atom. The molecule has 0 spiro atoms. The minimum atomic E-state index is -0.331. The van der Waals surface area contributed by atoms with Gasteiger partial charge in [-0.1, -0.05) is 25.7 Å². The van der Waals surface area contributed by atoms with Gasteiger partial charge in [-0.2, -0.15) is 0 Å². The fourth-order valence-corrected chi connectivity index (χ4v) is 5.59. The molecule has 1 N–H and O–H groups in total. The van der Waals surface area contributed by atoms with E-state index in [-0.39, 0.29) is 18.0 Å². The molecule has 0 saturated heterocycles. The molecule has 2 fully saturated rings. The van der Waals surface area contributed by atoms with Crippen LogP contribution in [0.5, 0.6) is 0 Å². The number of amides is 1. The number of carbonyl (C=O) groups is 2. The maximum atomic E-state index is 13.2. The third kappa shape index (κ3) is 5.28. The van der Waals surface area contributed by atoms with Crippen LogP contribution < -0.4 is 5.32 Å². The predicted octanol–water partition coefficient (Wildman–Crippen LogP) is 6.21. The molecule has 0 aliphatic heterocycles. The number of pyridine rings is 1. The Labute approximate surface area is 182 Å². The van der Waals surface area contributed by atoms with Crippen LogP contribution in [0.2, 0.25) is 0 Å². The van der Waals surface area contributed by atoms with Crippen molar-refractivity contribution in [2.45, 2.75) is 76.7 Å². The van der Waals surface area contributed by atoms with E-state index >= 15 is 0 Å². The minimum absolute atomic E-state index is 0.00301. The van der Waals surface area contributed by atoms with Crippen LogP contribution in [-0.4, -0.2) is 23.0 Å². The molecule has 0 unspecified atom stereocenters. The summed E-state index contributed by atoms with van der Waals surface area (Å²) in [6.45, 7) is 0. The zero-order chi connectivity index (χ0) is 20.8. The fraction of sp³-hybridized carbons (Fsp3) is 0.542. The first-order valence-electron chi connectivity index (χ1n) is 11.2. The lowest BCUT2D eigenvalue weighted by atomic mass is 9.87. The van der Waals surface area contributed by atoms with Crippen molar-refractivity contribution in [2.75, 3.05) is 5.32 Å². The van der Waals surface area contributed by atoms with Crippen molar-refractivity contribution >= 4 is 28.2 Å². The summed E-state index contributed by atoms with van der Waals surface area (Å²) >= 11 is 1.40. The summed E-state index contributed by atoms with van der Waals surface area (Å²) in [4.78, 5) is 30.0. The van der Waals surface area contributed by atoms with Gasteiger partial charge in [-0.15, -0.1) is 11.3 Å². The lowest BCUT2D eigenvalue weighted by Gasteiger charge is -2.22. The molecule has 0 atom stereocenters. The maximum Gasteiger partial charge on any atom is 0.342 e. The third-order valence-corrected chi connectivity index (χ3v) is 7.16. The van der Waals surface area contributed by atoms with Crippen LogP contribution in [0, 0.1) is 5.92 Å². The van der Waals surface area contributed by atoms with Gasteiger partial charge in [0, 0.05) is 29.8 Å². The molecular weight excluding hydrogens is 396 g/mol. The highest BCUT2D eigenvalue weighted by Crippen LogP contribution is 2.37. The smallest absolute Gasteiger partial charge is 0.342 e. The number of hydrogen-bond acceptors (Lipinski definition) is 5. The number of esters is 1. The molecule has 6 heteroatoms.